The van der Waals surface area contributed by atoms with Gasteiger partial charge in [0.2, 0.25) is 0 Å². The number of pyridine rings is 1. The SMILES string of the molecule is COc1ccc(OCc2cc(C)ccn2)c(-c2ccc3c(c2)CCN(C(=O)O)CC3)c1. The van der Waals surface area contributed by atoms with Crippen molar-refractivity contribution in [2.75, 3.05) is 20.2 Å². The molecule has 0 radical (unpaired) electrons. The van der Waals surface area contributed by atoms with Crippen molar-refractivity contribution >= 4 is 6.09 Å². The van der Waals surface area contributed by atoms with Crippen LogP contribution in [0.3, 0.4) is 0 Å². The van der Waals surface area contributed by atoms with Crippen LogP contribution in [0, 0.1) is 6.92 Å². The average Bonchev–Trinajstić information content (AvgIpc) is 3.00. The Bertz CT molecular complexity index is 1100. The molecule has 3 aromatic rings. The first kappa shape index (κ1) is 20.7. The Hall–Kier alpha value is -3.54. The third-order valence-corrected chi connectivity index (χ3v) is 5.62. The lowest BCUT2D eigenvalue weighted by Gasteiger charge is -2.15. The van der Waals surface area contributed by atoms with E-state index in [2.05, 4.69) is 23.2 Å². The summed E-state index contributed by atoms with van der Waals surface area (Å²) in [6.07, 6.45) is 2.35. The maximum atomic E-state index is 11.4. The van der Waals surface area contributed by atoms with E-state index in [0.717, 1.165) is 40.3 Å². The molecule has 2 aromatic carbocycles. The van der Waals surface area contributed by atoms with Crippen molar-refractivity contribution in [3.63, 3.8) is 0 Å². The normalized spacial score (nSPS) is 13.3. The third-order valence-electron chi connectivity index (χ3n) is 5.62. The number of hydrogen-bond acceptors (Lipinski definition) is 4. The number of aryl methyl sites for hydroxylation is 1. The number of rotatable bonds is 5. The highest BCUT2D eigenvalue weighted by Crippen LogP contribution is 2.35. The lowest BCUT2D eigenvalue weighted by atomic mass is 9.96. The second kappa shape index (κ2) is 9.08. The number of hydrogen-bond donors (Lipinski definition) is 1. The van der Waals surface area contributed by atoms with Gasteiger partial charge in [0, 0.05) is 24.8 Å². The fourth-order valence-electron chi connectivity index (χ4n) is 3.90. The predicted octanol–water partition coefficient (Wildman–Crippen LogP) is 4.72. The lowest BCUT2D eigenvalue weighted by molar-refractivity contribution is 0.147. The van der Waals surface area contributed by atoms with E-state index in [1.807, 2.05) is 37.3 Å². The zero-order valence-electron chi connectivity index (χ0n) is 17.8. The zero-order valence-corrected chi connectivity index (χ0v) is 17.8. The molecule has 2 heterocycles. The summed E-state index contributed by atoms with van der Waals surface area (Å²) < 4.78 is 11.6. The van der Waals surface area contributed by atoms with E-state index in [1.165, 1.54) is 16.0 Å². The zero-order chi connectivity index (χ0) is 21.8. The fourth-order valence-corrected chi connectivity index (χ4v) is 3.90. The molecule has 0 fully saturated rings. The quantitative estimate of drug-likeness (QED) is 0.649. The number of ether oxygens (including phenoxy) is 2. The number of benzene rings is 2. The van der Waals surface area contributed by atoms with E-state index in [-0.39, 0.29) is 0 Å². The highest BCUT2D eigenvalue weighted by molar-refractivity contribution is 5.73. The minimum Gasteiger partial charge on any atom is -0.497 e. The van der Waals surface area contributed by atoms with E-state index in [4.69, 9.17) is 9.47 Å². The van der Waals surface area contributed by atoms with Gasteiger partial charge in [0.1, 0.15) is 18.1 Å². The van der Waals surface area contributed by atoms with Gasteiger partial charge in [-0.25, -0.2) is 4.79 Å². The van der Waals surface area contributed by atoms with Gasteiger partial charge in [-0.15, -0.1) is 0 Å². The highest BCUT2D eigenvalue weighted by atomic mass is 16.5. The number of aromatic nitrogens is 1. The van der Waals surface area contributed by atoms with Crippen molar-refractivity contribution in [1.82, 2.24) is 9.88 Å². The van der Waals surface area contributed by atoms with Crippen LogP contribution in [0.5, 0.6) is 11.5 Å². The predicted molar refractivity (Wildman–Crippen MR) is 119 cm³/mol. The van der Waals surface area contributed by atoms with Crippen LogP contribution in [0.1, 0.15) is 22.4 Å². The molecule has 0 saturated carbocycles. The second-order valence-corrected chi connectivity index (χ2v) is 7.73. The highest BCUT2D eigenvalue weighted by Gasteiger charge is 2.19. The van der Waals surface area contributed by atoms with E-state index < -0.39 is 6.09 Å². The van der Waals surface area contributed by atoms with Crippen molar-refractivity contribution in [2.45, 2.75) is 26.4 Å². The molecule has 0 aliphatic carbocycles. The standard InChI is InChI=1S/C25H26N2O4/c1-17-7-10-26-21(13-17)16-31-24-6-5-22(30-2)15-23(24)20-4-3-18-8-11-27(25(28)29)12-9-19(18)14-20/h3-7,10,13-15H,8-9,11-12,16H2,1-2H3,(H,28,29). The molecule has 0 atom stereocenters. The van der Waals surface area contributed by atoms with Crippen molar-refractivity contribution in [3.8, 4) is 22.6 Å². The molecule has 1 N–H and O–H groups in total. The molecular weight excluding hydrogens is 392 g/mol. The maximum absolute atomic E-state index is 11.4. The summed E-state index contributed by atoms with van der Waals surface area (Å²) in [5, 5.41) is 9.33. The van der Waals surface area contributed by atoms with Crippen LogP contribution in [-0.2, 0) is 19.4 Å². The molecule has 0 saturated heterocycles. The Kier molecular flexibility index (Phi) is 6.07. The number of methoxy groups -OCH3 is 1. The van der Waals surface area contributed by atoms with Gasteiger partial charge < -0.3 is 19.5 Å². The smallest absolute Gasteiger partial charge is 0.407 e. The Morgan fingerprint density at radius 2 is 1.87 bits per heavy atom. The van der Waals surface area contributed by atoms with Gasteiger partial charge in [0.15, 0.2) is 0 Å². The van der Waals surface area contributed by atoms with Crippen molar-refractivity contribution < 1.29 is 19.4 Å². The molecule has 6 heteroatoms. The number of nitrogens with zero attached hydrogens (tertiary/aromatic N) is 2. The topological polar surface area (TPSA) is 71.9 Å². The summed E-state index contributed by atoms with van der Waals surface area (Å²) in [6, 6.07) is 16.1. The Labute approximate surface area is 182 Å². The van der Waals surface area contributed by atoms with Crippen LogP contribution in [0.15, 0.2) is 54.7 Å². The average molecular weight is 418 g/mol. The van der Waals surface area contributed by atoms with Crippen LogP contribution in [-0.4, -0.2) is 41.3 Å². The Morgan fingerprint density at radius 1 is 1.06 bits per heavy atom. The van der Waals surface area contributed by atoms with Crippen LogP contribution < -0.4 is 9.47 Å². The lowest BCUT2D eigenvalue weighted by Crippen LogP contribution is -2.31. The molecular formula is C25H26N2O4. The molecule has 31 heavy (non-hydrogen) atoms. The van der Waals surface area contributed by atoms with E-state index in [0.29, 0.717) is 26.1 Å². The Balaban J connectivity index is 1.63. The second-order valence-electron chi connectivity index (χ2n) is 7.73. The van der Waals surface area contributed by atoms with Crippen LogP contribution in [0.4, 0.5) is 4.79 Å². The molecule has 1 aliphatic heterocycles. The van der Waals surface area contributed by atoms with Gasteiger partial charge in [-0.2, -0.15) is 0 Å². The minimum atomic E-state index is -0.860. The summed E-state index contributed by atoms with van der Waals surface area (Å²) >= 11 is 0. The number of fused-ring (bicyclic) bond motifs is 1. The Morgan fingerprint density at radius 3 is 2.61 bits per heavy atom. The minimum absolute atomic E-state index is 0.375. The van der Waals surface area contributed by atoms with Crippen molar-refractivity contribution in [1.29, 1.82) is 0 Å². The molecule has 0 spiro atoms. The fraction of sp³-hybridized carbons (Fsp3) is 0.280. The van der Waals surface area contributed by atoms with Gasteiger partial charge in [-0.3, -0.25) is 4.98 Å². The molecule has 0 unspecified atom stereocenters. The molecule has 4 rings (SSSR count). The molecule has 160 valence electrons. The van der Waals surface area contributed by atoms with Crippen LogP contribution in [0.25, 0.3) is 11.1 Å². The summed E-state index contributed by atoms with van der Waals surface area (Å²) in [4.78, 5) is 17.2. The number of carboxylic acid groups (broad SMARTS) is 1. The van der Waals surface area contributed by atoms with E-state index in [9.17, 15) is 9.90 Å². The molecule has 1 amide bonds. The van der Waals surface area contributed by atoms with Crippen molar-refractivity contribution in [3.05, 3.63) is 77.1 Å². The summed E-state index contributed by atoms with van der Waals surface area (Å²) in [5.74, 6) is 1.51. The van der Waals surface area contributed by atoms with Crippen molar-refractivity contribution in [2.24, 2.45) is 0 Å². The monoisotopic (exact) mass is 418 g/mol. The van der Waals surface area contributed by atoms with Gasteiger partial charge in [0.05, 0.1) is 12.8 Å². The van der Waals surface area contributed by atoms with Crippen LogP contribution >= 0.6 is 0 Å². The third kappa shape index (κ3) is 4.79. The molecule has 1 aromatic heterocycles. The maximum Gasteiger partial charge on any atom is 0.407 e. The van der Waals surface area contributed by atoms with E-state index >= 15 is 0 Å². The van der Waals surface area contributed by atoms with Crippen LogP contribution in [0.2, 0.25) is 0 Å². The summed E-state index contributed by atoms with van der Waals surface area (Å²) in [7, 11) is 1.65. The van der Waals surface area contributed by atoms with Gasteiger partial charge in [0.25, 0.3) is 0 Å². The number of carbonyl (C=O) groups is 1. The summed E-state index contributed by atoms with van der Waals surface area (Å²) in [6.45, 7) is 3.44. The first-order valence-electron chi connectivity index (χ1n) is 10.4. The van der Waals surface area contributed by atoms with Gasteiger partial charge in [-0.05, 0) is 72.4 Å². The largest absolute Gasteiger partial charge is 0.497 e. The number of amides is 1. The first-order chi connectivity index (χ1) is 15.0. The van der Waals surface area contributed by atoms with Gasteiger partial charge in [-0.1, -0.05) is 18.2 Å². The first-order valence-corrected chi connectivity index (χ1v) is 10.4. The molecule has 6 nitrogen and oxygen atoms in total. The summed E-state index contributed by atoms with van der Waals surface area (Å²) in [5.41, 5.74) is 6.35. The van der Waals surface area contributed by atoms with E-state index in [1.54, 1.807) is 13.3 Å². The molecule has 1 aliphatic rings. The van der Waals surface area contributed by atoms with Gasteiger partial charge >= 0.3 is 6.09 Å². The molecule has 0 bridgehead atoms.